The van der Waals surface area contributed by atoms with E-state index < -0.39 is 5.69 Å². The lowest BCUT2D eigenvalue weighted by atomic mass is 10.2. The number of rotatable bonds is 5. The summed E-state index contributed by atoms with van der Waals surface area (Å²) in [7, 11) is 0. The van der Waals surface area contributed by atoms with Gasteiger partial charge in [0.2, 0.25) is 5.91 Å². The lowest BCUT2D eigenvalue weighted by Crippen LogP contribution is -2.43. The number of benzene rings is 2. The van der Waals surface area contributed by atoms with Crippen LogP contribution in [0.1, 0.15) is 31.9 Å². The van der Waals surface area contributed by atoms with E-state index in [2.05, 4.69) is 5.32 Å². The highest BCUT2D eigenvalue weighted by molar-refractivity contribution is 6.31. The Bertz CT molecular complexity index is 1160. The van der Waals surface area contributed by atoms with Crippen molar-refractivity contribution in [2.75, 3.05) is 5.32 Å². The van der Waals surface area contributed by atoms with Crippen LogP contribution in [-0.2, 0) is 11.3 Å². The molecule has 1 amide bonds. The third-order valence-electron chi connectivity index (χ3n) is 4.89. The lowest BCUT2D eigenvalue weighted by Gasteiger charge is -2.17. The van der Waals surface area contributed by atoms with Gasteiger partial charge in [0.15, 0.2) is 0 Å². The van der Waals surface area contributed by atoms with Gasteiger partial charge in [0.25, 0.3) is 5.56 Å². The summed E-state index contributed by atoms with van der Waals surface area (Å²) in [5, 5.41) is 3.72. The third-order valence-corrected chi connectivity index (χ3v) is 5.12. The summed E-state index contributed by atoms with van der Waals surface area (Å²) >= 11 is 6.01. The maximum atomic E-state index is 13.0. The van der Waals surface area contributed by atoms with Gasteiger partial charge in [0, 0.05) is 16.8 Å². The van der Waals surface area contributed by atoms with Crippen LogP contribution in [0.3, 0.4) is 0 Å². The maximum absolute atomic E-state index is 13.0. The fourth-order valence-corrected chi connectivity index (χ4v) is 3.30. The average molecular weight is 400 g/mol. The zero-order valence-corrected chi connectivity index (χ0v) is 16.8. The second-order valence-corrected chi connectivity index (χ2v) is 7.26. The normalized spacial score (nSPS) is 12.1. The molecule has 146 valence electrons. The number of carbonyl (C=O) groups is 1. The summed E-state index contributed by atoms with van der Waals surface area (Å²) in [6.45, 7) is 5.38. The largest absolute Gasteiger partial charge is 0.332 e. The number of hydrogen-bond donors (Lipinski definition) is 1. The molecule has 0 aliphatic heterocycles. The number of nitrogens with one attached hydrogen (secondary N) is 1. The molecule has 2 aromatic carbocycles. The second-order valence-electron chi connectivity index (χ2n) is 6.83. The molecule has 1 heterocycles. The number of fused-ring (bicyclic) bond motifs is 1. The van der Waals surface area contributed by atoms with Crippen LogP contribution in [0.25, 0.3) is 10.9 Å². The van der Waals surface area contributed by atoms with E-state index in [-0.39, 0.29) is 24.1 Å². The summed E-state index contributed by atoms with van der Waals surface area (Å²) < 4.78 is 2.57. The smallest absolute Gasteiger partial charge is 0.324 e. The van der Waals surface area contributed by atoms with Crippen molar-refractivity contribution < 1.29 is 4.79 Å². The van der Waals surface area contributed by atoms with Crippen molar-refractivity contribution in [2.45, 2.75) is 39.8 Å². The Balaban J connectivity index is 2.07. The molecule has 1 atom stereocenters. The van der Waals surface area contributed by atoms with Crippen molar-refractivity contribution in [3.63, 3.8) is 0 Å². The number of aryl methyl sites for hydroxylation is 1. The molecule has 28 heavy (non-hydrogen) atoms. The Morgan fingerprint density at radius 3 is 2.61 bits per heavy atom. The highest BCUT2D eigenvalue weighted by Gasteiger charge is 2.18. The van der Waals surface area contributed by atoms with Gasteiger partial charge in [0.05, 0.1) is 10.9 Å². The molecular formula is C21H22ClN3O3. The lowest BCUT2D eigenvalue weighted by molar-refractivity contribution is -0.116. The first-order valence-corrected chi connectivity index (χ1v) is 9.51. The van der Waals surface area contributed by atoms with Gasteiger partial charge in [-0.3, -0.25) is 18.7 Å². The number of halogens is 1. The molecule has 0 aliphatic carbocycles. The van der Waals surface area contributed by atoms with Gasteiger partial charge in [-0.25, -0.2) is 4.79 Å². The molecule has 1 N–H and O–H groups in total. The average Bonchev–Trinajstić information content (AvgIpc) is 2.68. The minimum atomic E-state index is -0.490. The fourth-order valence-electron chi connectivity index (χ4n) is 3.13. The van der Waals surface area contributed by atoms with Gasteiger partial charge >= 0.3 is 5.69 Å². The van der Waals surface area contributed by atoms with E-state index in [0.29, 0.717) is 28.0 Å². The molecule has 0 saturated carbocycles. The minimum Gasteiger partial charge on any atom is -0.324 e. The molecule has 3 aromatic rings. The second kappa shape index (κ2) is 8.02. The van der Waals surface area contributed by atoms with E-state index in [1.807, 2.05) is 26.8 Å². The molecule has 0 spiro atoms. The quantitative estimate of drug-likeness (QED) is 0.710. The summed E-state index contributed by atoms with van der Waals surface area (Å²) in [6.07, 6.45) is 0.626. The van der Waals surface area contributed by atoms with Crippen molar-refractivity contribution in [1.82, 2.24) is 9.13 Å². The predicted molar refractivity (Wildman–Crippen MR) is 112 cm³/mol. The first kappa shape index (κ1) is 19.9. The predicted octanol–water partition coefficient (Wildman–Crippen LogP) is 3.73. The third kappa shape index (κ3) is 3.73. The number of anilines is 1. The molecular weight excluding hydrogens is 378 g/mol. The molecule has 0 saturated heterocycles. The zero-order chi connectivity index (χ0) is 20.4. The van der Waals surface area contributed by atoms with Gasteiger partial charge in [-0.2, -0.15) is 0 Å². The highest BCUT2D eigenvalue weighted by atomic mass is 35.5. The number of nitrogens with zero attached hydrogens (tertiary/aromatic N) is 2. The SMILES string of the molecule is CC[C@H](C)n1c(=O)c2ccccc2n(CC(=O)Nc2cc(Cl)ccc2C)c1=O. The fraction of sp³-hybridized carbons (Fsp3) is 0.286. The number of para-hydroxylation sites is 1. The topological polar surface area (TPSA) is 73.1 Å². The zero-order valence-electron chi connectivity index (χ0n) is 16.0. The Morgan fingerprint density at radius 1 is 1.18 bits per heavy atom. The number of carbonyl (C=O) groups excluding carboxylic acids is 1. The van der Waals surface area contributed by atoms with Crippen molar-refractivity contribution in [2.24, 2.45) is 0 Å². The summed E-state index contributed by atoms with van der Waals surface area (Å²) in [5.41, 5.74) is 1.06. The van der Waals surface area contributed by atoms with E-state index >= 15 is 0 Å². The van der Waals surface area contributed by atoms with E-state index in [1.165, 1.54) is 9.13 Å². The van der Waals surface area contributed by atoms with Crippen molar-refractivity contribution >= 4 is 34.1 Å². The summed E-state index contributed by atoms with van der Waals surface area (Å²) in [5.74, 6) is -0.369. The van der Waals surface area contributed by atoms with E-state index in [9.17, 15) is 14.4 Å². The van der Waals surface area contributed by atoms with Crippen molar-refractivity contribution in [3.8, 4) is 0 Å². The van der Waals surface area contributed by atoms with Crippen LogP contribution in [0, 0.1) is 6.92 Å². The van der Waals surface area contributed by atoms with Crippen LogP contribution in [-0.4, -0.2) is 15.0 Å². The van der Waals surface area contributed by atoms with Crippen LogP contribution in [0.2, 0.25) is 5.02 Å². The molecule has 1 aromatic heterocycles. The Labute approximate surface area is 167 Å². The molecule has 3 rings (SSSR count). The molecule has 7 heteroatoms. The van der Waals surface area contributed by atoms with E-state index in [4.69, 9.17) is 11.6 Å². The first-order chi connectivity index (χ1) is 13.3. The van der Waals surface area contributed by atoms with Gasteiger partial charge in [-0.05, 0) is 50.1 Å². The number of hydrogen-bond acceptors (Lipinski definition) is 3. The molecule has 0 fully saturated rings. The van der Waals surface area contributed by atoms with Crippen molar-refractivity contribution in [1.29, 1.82) is 0 Å². The van der Waals surface area contributed by atoms with Crippen LogP contribution in [0.5, 0.6) is 0 Å². The summed E-state index contributed by atoms with van der Waals surface area (Å²) in [6, 6.07) is 11.8. The number of aromatic nitrogens is 2. The Morgan fingerprint density at radius 2 is 1.89 bits per heavy atom. The van der Waals surface area contributed by atoms with Crippen LogP contribution < -0.4 is 16.6 Å². The van der Waals surface area contributed by atoms with Crippen molar-refractivity contribution in [3.05, 3.63) is 73.9 Å². The van der Waals surface area contributed by atoms with E-state index in [0.717, 1.165) is 5.56 Å². The van der Waals surface area contributed by atoms with E-state index in [1.54, 1.807) is 36.4 Å². The Kier molecular flexibility index (Phi) is 5.70. The van der Waals surface area contributed by atoms with Gasteiger partial charge in [-0.15, -0.1) is 0 Å². The van der Waals surface area contributed by atoms with Crippen LogP contribution >= 0.6 is 11.6 Å². The molecule has 0 bridgehead atoms. The van der Waals surface area contributed by atoms with Gasteiger partial charge < -0.3 is 5.32 Å². The Hall–Kier alpha value is -2.86. The van der Waals surface area contributed by atoms with Crippen LogP contribution in [0.15, 0.2) is 52.1 Å². The number of amides is 1. The molecule has 0 radical (unpaired) electrons. The molecule has 6 nitrogen and oxygen atoms in total. The first-order valence-electron chi connectivity index (χ1n) is 9.13. The standard InChI is InChI=1S/C21H22ClN3O3/c1-4-14(3)25-20(27)16-7-5-6-8-18(16)24(21(25)28)12-19(26)23-17-11-15(22)10-9-13(17)2/h5-11,14H,4,12H2,1-3H3,(H,23,26)/t14-/m0/s1. The monoisotopic (exact) mass is 399 g/mol. The maximum Gasteiger partial charge on any atom is 0.332 e. The highest BCUT2D eigenvalue weighted by Crippen LogP contribution is 2.20. The molecule has 0 unspecified atom stereocenters. The van der Waals surface area contributed by atoms with Crippen LogP contribution in [0.4, 0.5) is 5.69 Å². The molecule has 0 aliphatic rings. The minimum absolute atomic E-state index is 0.206. The van der Waals surface area contributed by atoms with Gasteiger partial charge in [0.1, 0.15) is 6.54 Å². The van der Waals surface area contributed by atoms with Gasteiger partial charge in [-0.1, -0.05) is 36.7 Å². The summed E-state index contributed by atoms with van der Waals surface area (Å²) in [4.78, 5) is 38.5.